The summed E-state index contributed by atoms with van der Waals surface area (Å²) in [7, 11) is 0. The van der Waals surface area contributed by atoms with Crippen molar-refractivity contribution in [1.29, 1.82) is 0 Å². The maximum absolute atomic E-state index is 13.2. The second kappa shape index (κ2) is 7.05. The maximum atomic E-state index is 13.2. The average Bonchev–Trinajstić information content (AvgIpc) is 3.58. The molecule has 0 saturated heterocycles. The molecule has 170 valence electrons. The van der Waals surface area contributed by atoms with E-state index in [0.717, 1.165) is 29.5 Å². The summed E-state index contributed by atoms with van der Waals surface area (Å²) in [4.78, 5) is 13.2. The summed E-state index contributed by atoms with van der Waals surface area (Å²) < 4.78 is 6.43. The van der Waals surface area contributed by atoms with Crippen molar-refractivity contribution in [2.75, 3.05) is 0 Å². The number of carbonyl (C=O) groups excluding carboxylic acids is 1. The van der Waals surface area contributed by atoms with E-state index in [0.29, 0.717) is 5.56 Å². The second-order valence-corrected chi connectivity index (χ2v) is 10.0. The smallest absolute Gasteiger partial charge is 0.340 e. The van der Waals surface area contributed by atoms with Crippen LogP contribution >= 0.6 is 0 Å². The molecule has 0 N–H and O–H groups in total. The summed E-state index contributed by atoms with van der Waals surface area (Å²) in [6, 6.07) is 38.3. The van der Waals surface area contributed by atoms with Gasteiger partial charge in [-0.3, -0.25) is 0 Å². The standard InChI is InChI=1S/C34H22O2/c35-33-31-11-5-6-12-32(31)34(36-33,25-13-15-29-23(19-25)17-21-7-1-3-9-27(21)29)26-14-16-30-24(20-26)18-22-8-2-4-10-28(22)30/h1-16,19-20H,17-18H2. The van der Waals surface area contributed by atoms with Gasteiger partial charge in [0.15, 0.2) is 5.60 Å². The Morgan fingerprint density at radius 2 is 0.972 bits per heavy atom. The highest BCUT2D eigenvalue weighted by atomic mass is 16.6. The van der Waals surface area contributed by atoms with Gasteiger partial charge in [0.25, 0.3) is 0 Å². The Kier molecular flexibility index (Phi) is 3.88. The zero-order valence-electron chi connectivity index (χ0n) is 19.6. The predicted molar refractivity (Wildman–Crippen MR) is 141 cm³/mol. The van der Waals surface area contributed by atoms with Gasteiger partial charge in [0.2, 0.25) is 0 Å². The van der Waals surface area contributed by atoms with Gasteiger partial charge in [-0.15, -0.1) is 0 Å². The monoisotopic (exact) mass is 462 g/mol. The van der Waals surface area contributed by atoms with Crippen LogP contribution in [0.2, 0.25) is 0 Å². The molecule has 5 aromatic rings. The van der Waals surface area contributed by atoms with Crippen molar-refractivity contribution in [2.45, 2.75) is 18.4 Å². The van der Waals surface area contributed by atoms with Crippen LogP contribution in [0, 0.1) is 0 Å². The highest BCUT2D eigenvalue weighted by Crippen LogP contribution is 2.50. The van der Waals surface area contributed by atoms with Gasteiger partial charge in [-0.1, -0.05) is 103 Å². The largest absolute Gasteiger partial charge is 0.441 e. The van der Waals surface area contributed by atoms with E-state index in [9.17, 15) is 4.79 Å². The Hall–Kier alpha value is -4.43. The van der Waals surface area contributed by atoms with E-state index in [2.05, 4.69) is 84.9 Å². The molecule has 1 heterocycles. The van der Waals surface area contributed by atoms with Gasteiger partial charge >= 0.3 is 5.97 Å². The summed E-state index contributed by atoms with van der Waals surface area (Å²) >= 11 is 0. The molecular weight excluding hydrogens is 440 g/mol. The van der Waals surface area contributed by atoms with Crippen LogP contribution in [0.3, 0.4) is 0 Å². The lowest BCUT2D eigenvalue weighted by molar-refractivity contribution is 0.0251. The number of ether oxygens (including phenoxy) is 1. The minimum absolute atomic E-state index is 0.266. The average molecular weight is 463 g/mol. The molecule has 2 nitrogen and oxygen atoms in total. The normalized spacial score (nSPS) is 15.5. The summed E-state index contributed by atoms with van der Waals surface area (Å²) in [5.74, 6) is -0.266. The molecule has 0 amide bonds. The van der Waals surface area contributed by atoms with Gasteiger partial charge in [-0.2, -0.15) is 0 Å². The van der Waals surface area contributed by atoms with E-state index in [1.165, 1.54) is 44.5 Å². The number of hydrogen-bond acceptors (Lipinski definition) is 2. The number of hydrogen-bond donors (Lipinski definition) is 0. The van der Waals surface area contributed by atoms with Crippen molar-refractivity contribution >= 4 is 5.97 Å². The topological polar surface area (TPSA) is 26.3 Å². The van der Waals surface area contributed by atoms with Crippen LogP contribution in [0.15, 0.2) is 109 Å². The highest BCUT2D eigenvalue weighted by Gasteiger charge is 2.49. The lowest BCUT2D eigenvalue weighted by Crippen LogP contribution is -2.29. The van der Waals surface area contributed by atoms with Gasteiger partial charge in [-0.05, 0) is 63.4 Å². The molecule has 2 heteroatoms. The van der Waals surface area contributed by atoms with Crippen molar-refractivity contribution in [3.05, 3.63) is 154 Å². The fourth-order valence-electron chi connectivity index (χ4n) is 6.54. The quantitative estimate of drug-likeness (QED) is 0.252. The first-order chi connectivity index (χ1) is 17.7. The number of rotatable bonds is 2. The van der Waals surface area contributed by atoms with Crippen LogP contribution in [0.25, 0.3) is 22.3 Å². The Bertz CT molecular complexity index is 1650. The Morgan fingerprint density at radius 3 is 1.56 bits per heavy atom. The Morgan fingerprint density at radius 1 is 0.500 bits per heavy atom. The molecule has 0 bridgehead atoms. The van der Waals surface area contributed by atoms with Crippen molar-refractivity contribution in [2.24, 2.45) is 0 Å². The van der Waals surface area contributed by atoms with Gasteiger partial charge in [-0.25, -0.2) is 4.79 Å². The molecule has 2 aliphatic carbocycles. The van der Waals surface area contributed by atoms with E-state index in [1.54, 1.807) is 0 Å². The van der Waals surface area contributed by atoms with Crippen molar-refractivity contribution in [3.63, 3.8) is 0 Å². The van der Waals surface area contributed by atoms with Crippen LogP contribution in [0.4, 0.5) is 0 Å². The fraction of sp³-hybridized carbons (Fsp3) is 0.0882. The molecule has 1 aliphatic heterocycles. The van der Waals surface area contributed by atoms with Crippen LogP contribution < -0.4 is 0 Å². The summed E-state index contributed by atoms with van der Waals surface area (Å²) in [6.45, 7) is 0. The van der Waals surface area contributed by atoms with E-state index in [-0.39, 0.29) is 5.97 Å². The van der Waals surface area contributed by atoms with Crippen molar-refractivity contribution in [1.82, 2.24) is 0 Å². The molecule has 3 aliphatic rings. The van der Waals surface area contributed by atoms with Crippen LogP contribution in [0.1, 0.15) is 49.3 Å². The van der Waals surface area contributed by atoms with Gasteiger partial charge in [0, 0.05) is 16.7 Å². The molecule has 8 rings (SSSR count). The number of carbonyl (C=O) groups is 1. The molecule has 0 radical (unpaired) electrons. The number of cyclic esters (lactones) is 1. The molecule has 36 heavy (non-hydrogen) atoms. The Balaban J connectivity index is 1.35. The SMILES string of the molecule is O=C1OC(c2ccc3c(c2)Cc2ccccc2-3)(c2ccc3c(c2)Cc2ccccc2-3)c2ccccc21. The molecule has 0 spiro atoms. The van der Waals surface area contributed by atoms with Crippen LogP contribution in [0.5, 0.6) is 0 Å². The third-order valence-corrected chi connectivity index (χ3v) is 8.17. The van der Waals surface area contributed by atoms with Crippen LogP contribution in [-0.2, 0) is 23.2 Å². The summed E-state index contributed by atoms with van der Waals surface area (Å²) in [5, 5.41) is 0. The van der Waals surface area contributed by atoms with E-state index < -0.39 is 5.60 Å². The number of benzene rings is 5. The van der Waals surface area contributed by atoms with Crippen molar-refractivity contribution < 1.29 is 9.53 Å². The molecule has 0 fully saturated rings. The Labute approximate surface area is 209 Å². The molecule has 5 aromatic carbocycles. The summed E-state index contributed by atoms with van der Waals surface area (Å²) in [6.07, 6.45) is 1.79. The lowest BCUT2D eigenvalue weighted by Gasteiger charge is -2.31. The molecule has 0 aromatic heterocycles. The first-order valence-corrected chi connectivity index (χ1v) is 12.5. The third-order valence-electron chi connectivity index (χ3n) is 8.17. The molecule has 0 saturated carbocycles. The minimum atomic E-state index is -0.971. The van der Waals surface area contributed by atoms with E-state index >= 15 is 0 Å². The van der Waals surface area contributed by atoms with E-state index in [4.69, 9.17) is 4.74 Å². The molecule has 0 atom stereocenters. The first-order valence-electron chi connectivity index (χ1n) is 12.5. The third kappa shape index (κ3) is 2.54. The van der Waals surface area contributed by atoms with E-state index in [1.807, 2.05) is 24.3 Å². The molecular formula is C34H22O2. The predicted octanol–water partition coefficient (Wildman–Crippen LogP) is 7.29. The van der Waals surface area contributed by atoms with Crippen molar-refractivity contribution in [3.8, 4) is 22.3 Å². The minimum Gasteiger partial charge on any atom is -0.441 e. The maximum Gasteiger partial charge on any atom is 0.340 e. The second-order valence-electron chi connectivity index (χ2n) is 10.0. The number of esters is 1. The fourth-order valence-corrected chi connectivity index (χ4v) is 6.54. The van der Waals surface area contributed by atoms with Gasteiger partial charge in [0.1, 0.15) is 0 Å². The highest BCUT2D eigenvalue weighted by molar-refractivity contribution is 5.96. The lowest BCUT2D eigenvalue weighted by atomic mass is 9.78. The van der Waals surface area contributed by atoms with Gasteiger partial charge < -0.3 is 4.74 Å². The zero-order chi connectivity index (χ0) is 23.9. The zero-order valence-corrected chi connectivity index (χ0v) is 19.6. The van der Waals surface area contributed by atoms with Gasteiger partial charge in [0.05, 0.1) is 5.56 Å². The van der Waals surface area contributed by atoms with Crippen LogP contribution in [-0.4, -0.2) is 5.97 Å². The number of fused-ring (bicyclic) bond motifs is 7. The molecule has 0 unspecified atom stereocenters. The summed E-state index contributed by atoms with van der Waals surface area (Å²) in [5.41, 5.74) is 13.0. The first kappa shape index (κ1) is 19.8.